The number of hydrogen-bond acceptors (Lipinski definition) is 4. The van der Waals surface area contributed by atoms with E-state index in [1.807, 2.05) is 42.5 Å². The number of hydrogen-bond donors (Lipinski definition) is 1. The number of carboxylic acids is 1. The summed E-state index contributed by atoms with van der Waals surface area (Å²) in [5, 5.41) is 11.2. The average Bonchev–Trinajstić information content (AvgIpc) is 2.81. The molecule has 0 atom stereocenters. The molecule has 0 unspecified atom stereocenters. The van der Waals surface area contributed by atoms with E-state index in [-0.39, 0.29) is 5.56 Å². The number of benzene rings is 4. The Kier molecular flexibility index (Phi) is 5.94. The molecular formula is C26H21NO4. The summed E-state index contributed by atoms with van der Waals surface area (Å²) >= 11 is 0. The molecule has 0 saturated heterocycles. The Morgan fingerprint density at radius 2 is 1.71 bits per heavy atom. The van der Waals surface area contributed by atoms with E-state index in [0.29, 0.717) is 18.1 Å². The van der Waals surface area contributed by atoms with Crippen molar-refractivity contribution in [1.82, 2.24) is 0 Å². The first-order chi connectivity index (χ1) is 15.1. The van der Waals surface area contributed by atoms with E-state index < -0.39 is 5.97 Å². The van der Waals surface area contributed by atoms with Crippen LogP contribution >= 0.6 is 0 Å². The third-order valence-corrected chi connectivity index (χ3v) is 4.90. The number of nitrogens with zero attached hydrogens (tertiary/aromatic N) is 1. The van der Waals surface area contributed by atoms with Gasteiger partial charge in [-0.15, -0.1) is 0 Å². The van der Waals surface area contributed by atoms with Gasteiger partial charge in [0.1, 0.15) is 6.61 Å². The molecule has 0 radical (unpaired) electrons. The maximum absolute atomic E-state index is 11.0. The van der Waals surface area contributed by atoms with Crippen LogP contribution in [0.25, 0.3) is 10.8 Å². The Morgan fingerprint density at radius 1 is 0.935 bits per heavy atom. The van der Waals surface area contributed by atoms with E-state index in [0.717, 1.165) is 27.6 Å². The molecule has 4 aromatic rings. The van der Waals surface area contributed by atoms with Gasteiger partial charge in [0.2, 0.25) is 0 Å². The number of aliphatic imine (C=N–C) groups is 1. The lowest BCUT2D eigenvalue weighted by Gasteiger charge is -2.11. The second-order valence-corrected chi connectivity index (χ2v) is 6.96. The van der Waals surface area contributed by atoms with Crippen LogP contribution in [0.2, 0.25) is 0 Å². The highest BCUT2D eigenvalue weighted by Gasteiger charge is 2.07. The maximum Gasteiger partial charge on any atom is 0.335 e. The highest BCUT2D eigenvalue weighted by atomic mass is 16.5. The topological polar surface area (TPSA) is 68.1 Å². The number of rotatable bonds is 7. The molecule has 0 fully saturated rings. The summed E-state index contributed by atoms with van der Waals surface area (Å²) in [4.78, 5) is 15.6. The highest BCUT2D eigenvalue weighted by Crippen LogP contribution is 2.29. The van der Waals surface area contributed by atoms with Crippen molar-refractivity contribution >= 4 is 28.6 Å². The Labute approximate surface area is 180 Å². The molecule has 0 saturated carbocycles. The van der Waals surface area contributed by atoms with Crippen LogP contribution in [0.1, 0.15) is 21.5 Å². The first kappa shape index (κ1) is 20.2. The fraction of sp³-hybridized carbons (Fsp3) is 0.0769. The van der Waals surface area contributed by atoms with Gasteiger partial charge < -0.3 is 14.6 Å². The Balaban J connectivity index is 1.50. The van der Waals surface area contributed by atoms with E-state index in [9.17, 15) is 4.79 Å². The molecule has 0 aliphatic heterocycles. The predicted octanol–water partition coefficient (Wildman–Crippen LogP) is 5.88. The van der Waals surface area contributed by atoms with Crippen LogP contribution in [0.4, 0.5) is 5.69 Å². The zero-order chi connectivity index (χ0) is 21.6. The molecule has 0 amide bonds. The van der Waals surface area contributed by atoms with Crippen LogP contribution in [0.15, 0.2) is 89.9 Å². The number of fused-ring (bicyclic) bond motifs is 1. The van der Waals surface area contributed by atoms with Gasteiger partial charge in [-0.05, 0) is 52.9 Å². The van der Waals surface area contributed by atoms with E-state index >= 15 is 0 Å². The van der Waals surface area contributed by atoms with Crippen LogP contribution in [0.5, 0.6) is 11.5 Å². The molecular weight excluding hydrogens is 390 g/mol. The molecule has 1 N–H and O–H groups in total. The summed E-state index contributed by atoms with van der Waals surface area (Å²) in [5.41, 5.74) is 2.91. The van der Waals surface area contributed by atoms with Crippen molar-refractivity contribution < 1.29 is 19.4 Å². The van der Waals surface area contributed by atoms with E-state index in [4.69, 9.17) is 14.6 Å². The number of aromatic carboxylic acids is 1. The van der Waals surface area contributed by atoms with Gasteiger partial charge in [-0.1, -0.05) is 48.5 Å². The Bertz CT molecular complexity index is 1240. The smallest absolute Gasteiger partial charge is 0.335 e. The van der Waals surface area contributed by atoms with Crippen molar-refractivity contribution in [2.75, 3.05) is 7.11 Å². The third kappa shape index (κ3) is 4.73. The monoisotopic (exact) mass is 411 g/mol. The molecule has 0 heterocycles. The SMILES string of the molecule is COc1cc(C=Nc2cccc3ccccc23)ccc1OCc1ccc(C(=O)O)cc1. The number of ether oxygens (including phenoxy) is 2. The van der Waals surface area contributed by atoms with Crippen molar-refractivity contribution in [2.45, 2.75) is 6.61 Å². The van der Waals surface area contributed by atoms with E-state index in [1.54, 1.807) is 37.6 Å². The first-order valence-corrected chi connectivity index (χ1v) is 9.79. The van der Waals surface area contributed by atoms with Crippen molar-refractivity contribution in [2.24, 2.45) is 4.99 Å². The van der Waals surface area contributed by atoms with Crippen LogP contribution in [0.3, 0.4) is 0 Å². The van der Waals surface area contributed by atoms with E-state index in [1.165, 1.54) is 0 Å². The molecule has 0 aliphatic rings. The zero-order valence-electron chi connectivity index (χ0n) is 17.0. The van der Waals surface area contributed by atoms with E-state index in [2.05, 4.69) is 23.2 Å². The summed E-state index contributed by atoms with van der Waals surface area (Å²) in [7, 11) is 1.59. The van der Waals surface area contributed by atoms with Gasteiger partial charge in [0, 0.05) is 11.6 Å². The predicted molar refractivity (Wildman–Crippen MR) is 122 cm³/mol. The normalized spacial score (nSPS) is 11.0. The Hall–Kier alpha value is -4.12. The van der Waals surface area contributed by atoms with Crippen LogP contribution in [-0.4, -0.2) is 24.4 Å². The summed E-state index contributed by atoms with van der Waals surface area (Å²) < 4.78 is 11.4. The molecule has 0 aliphatic carbocycles. The zero-order valence-corrected chi connectivity index (χ0v) is 17.0. The van der Waals surface area contributed by atoms with Crippen LogP contribution in [-0.2, 0) is 6.61 Å². The standard InChI is InChI=1S/C26H21NO4/c1-30-25-15-19(16-27-23-8-4-6-20-5-2-3-7-22(20)23)11-14-24(25)31-17-18-9-12-21(13-10-18)26(28)29/h2-16H,17H2,1H3,(H,28,29). The summed E-state index contributed by atoms with van der Waals surface area (Å²) in [6.07, 6.45) is 1.80. The lowest BCUT2D eigenvalue weighted by atomic mass is 10.1. The van der Waals surface area contributed by atoms with Gasteiger partial charge in [-0.3, -0.25) is 4.99 Å². The Morgan fingerprint density at radius 3 is 2.48 bits per heavy atom. The third-order valence-electron chi connectivity index (χ3n) is 4.90. The van der Waals surface area contributed by atoms with Crippen LogP contribution in [0, 0.1) is 0 Å². The van der Waals surface area contributed by atoms with Crippen molar-refractivity contribution in [3.05, 3.63) is 102 Å². The lowest BCUT2D eigenvalue weighted by molar-refractivity contribution is 0.0697. The molecule has 31 heavy (non-hydrogen) atoms. The fourth-order valence-electron chi connectivity index (χ4n) is 3.25. The molecule has 0 aromatic heterocycles. The largest absolute Gasteiger partial charge is 0.493 e. The minimum atomic E-state index is -0.949. The lowest BCUT2D eigenvalue weighted by Crippen LogP contribution is -2.00. The quantitative estimate of drug-likeness (QED) is 0.386. The number of carboxylic acid groups (broad SMARTS) is 1. The summed E-state index contributed by atoms with van der Waals surface area (Å²) in [6.45, 7) is 0.305. The average molecular weight is 411 g/mol. The van der Waals surface area contributed by atoms with Crippen molar-refractivity contribution in [1.29, 1.82) is 0 Å². The summed E-state index contributed by atoms with van der Waals surface area (Å²) in [5.74, 6) is 0.256. The number of carbonyl (C=O) groups is 1. The minimum absolute atomic E-state index is 0.246. The number of methoxy groups -OCH3 is 1. The molecule has 5 nitrogen and oxygen atoms in total. The fourth-order valence-corrected chi connectivity index (χ4v) is 3.25. The first-order valence-electron chi connectivity index (χ1n) is 9.79. The molecule has 5 heteroatoms. The van der Waals surface area contributed by atoms with Gasteiger partial charge in [0.25, 0.3) is 0 Å². The van der Waals surface area contributed by atoms with Gasteiger partial charge in [0.05, 0.1) is 18.4 Å². The van der Waals surface area contributed by atoms with Crippen molar-refractivity contribution in [3.63, 3.8) is 0 Å². The second kappa shape index (κ2) is 9.13. The highest BCUT2D eigenvalue weighted by molar-refractivity contribution is 5.95. The molecule has 0 bridgehead atoms. The van der Waals surface area contributed by atoms with Crippen LogP contribution < -0.4 is 9.47 Å². The molecule has 4 aromatic carbocycles. The minimum Gasteiger partial charge on any atom is -0.493 e. The second-order valence-electron chi connectivity index (χ2n) is 6.96. The van der Waals surface area contributed by atoms with Gasteiger partial charge in [-0.2, -0.15) is 0 Å². The van der Waals surface area contributed by atoms with Gasteiger partial charge in [0.15, 0.2) is 11.5 Å². The molecule has 154 valence electrons. The van der Waals surface area contributed by atoms with Gasteiger partial charge >= 0.3 is 5.97 Å². The molecule has 0 spiro atoms. The summed E-state index contributed by atoms with van der Waals surface area (Å²) in [6, 6.07) is 26.4. The van der Waals surface area contributed by atoms with Crippen molar-refractivity contribution in [3.8, 4) is 11.5 Å². The maximum atomic E-state index is 11.0. The van der Waals surface area contributed by atoms with Gasteiger partial charge in [-0.25, -0.2) is 4.79 Å². The molecule has 4 rings (SSSR count).